The zero-order valence-corrected chi connectivity index (χ0v) is 15.7. The van der Waals surface area contributed by atoms with Gasteiger partial charge < -0.3 is 25.4 Å². The summed E-state index contributed by atoms with van der Waals surface area (Å²) in [7, 11) is 0. The van der Waals surface area contributed by atoms with Crippen molar-refractivity contribution in [3.8, 4) is 0 Å². The topological polar surface area (TPSA) is 82.5 Å². The molecule has 7 heteroatoms. The first-order chi connectivity index (χ1) is 13.2. The third-order valence-corrected chi connectivity index (χ3v) is 4.91. The van der Waals surface area contributed by atoms with Crippen molar-refractivity contribution >= 4 is 23.1 Å². The standard InChI is InChI=1S/C20H27N5O2/c1-14(13-26)21-20-23-18(15-2-3-15)12-19(24-20)22-16-4-6-17(7-5-16)25-8-10-27-11-9-25/h4-7,12,14-15,26H,2-3,8-11,13H2,1H3,(H2,21,22,23,24)/t14-/m1/s1. The van der Waals surface area contributed by atoms with Gasteiger partial charge in [0.2, 0.25) is 5.95 Å². The number of aliphatic hydroxyl groups excluding tert-OH is 1. The molecule has 3 N–H and O–H groups in total. The van der Waals surface area contributed by atoms with Gasteiger partial charge in [-0.15, -0.1) is 0 Å². The highest BCUT2D eigenvalue weighted by atomic mass is 16.5. The van der Waals surface area contributed by atoms with Crippen LogP contribution in [0.15, 0.2) is 30.3 Å². The van der Waals surface area contributed by atoms with E-state index in [2.05, 4.69) is 49.8 Å². The average molecular weight is 369 g/mol. The average Bonchev–Trinajstić information content (AvgIpc) is 3.54. The lowest BCUT2D eigenvalue weighted by molar-refractivity contribution is 0.122. The summed E-state index contributed by atoms with van der Waals surface area (Å²) in [4.78, 5) is 11.5. The van der Waals surface area contributed by atoms with Crippen molar-refractivity contribution in [2.75, 3.05) is 48.4 Å². The van der Waals surface area contributed by atoms with Crippen LogP contribution in [-0.4, -0.2) is 54.0 Å². The predicted octanol–water partition coefficient (Wildman–Crippen LogP) is 2.73. The molecule has 2 aliphatic rings. The molecule has 1 saturated carbocycles. The molecular weight excluding hydrogens is 342 g/mol. The van der Waals surface area contributed by atoms with Crippen LogP contribution in [0.4, 0.5) is 23.1 Å². The molecule has 27 heavy (non-hydrogen) atoms. The molecule has 0 amide bonds. The summed E-state index contributed by atoms with van der Waals surface area (Å²) in [5.41, 5.74) is 3.27. The van der Waals surface area contributed by atoms with Gasteiger partial charge >= 0.3 is 0 Å². The highest BCUT2D eigenvalue weighted by Crippen LogP contribution is 2.40. The minimum atomic E-state index is -0.0832. The van der Waals surface area contributed by atoms with Gasteiger partial charge in [0.1, 0.15) is 5.82 Å². The number of nitrogens with zero attached hydrogens (tertiary/aromatic N) is 3. The normalized spacial score (nSPS) is 18.2. The highest BCUT2D eigenvalue weighted by molar-refractivity contribution is 5.62. The van der Waals surface area contributed by atoms with Crippen LogP contribution in [0.25, 0.3) is 0 Å². The third-order valence-electron chi connectivity index (χ3n) is 4.91. The van der Waals surface area contributed by atoms with E-state index in [1.54, 1.807) is 0 Å². The fraction of sp³-hybridized carbons (Fsp3) is 0.500. The van der Waals surface area contributed by atoms with Gasteiger partial charge in [-0.3, -0.25) is 0 Å². The summed E-state index contributed by atoms with van der Waals surface area (Å²) in [6.45, 7) is 5.39. The lowest BCUT2D eigenvalue weighted by atomic mass is 10.2. The van der Waals surface area contributed by atoms with Crippen molar-refractivity contribution in [1.82, 2.24) is 9.97 Å². The highest BCUT2D eigenvalue weighted by Gasteiger charge is 2.26. The molecule has 1 aliphatic heterocycles. The molecule has 2 aromatic rings. The lowest BCUT2D eigenvalue weighted by Gasteiger charge is -2.28. The number of benzene rings is 1. The molecule has 1 aromatic carbocycles. The number of hydrogen-bond acceptors (Lipinski definition) is 7. The molecule has 0 radical (unpaired) electrons. The van der Waals surface area contributed by atoms with Gasteiger partial charge in [-0.25, -0.2) is 4.98 Å². The molecule has 0 bridgehead atoms. The number of aliphatic hydroxyl groups is 1. The largest absolute Gasteiger partial charge is 0.394 e. The molecule has 2 fully saturated rings. The van der Waals surface area contributed by atoms with Crippen LogP contribution in [0.2, 0.25) is 0 Å². The number of morpholine rings is 1. The first kappa shape index (κ1) is 18.0. The minimum Gasteiger partial charge on any atom is -0.394 e. The molecule has 1 aliphatic carbocycles. The second-order valence-electron chi connectivity index (χ2n) is 7.28. The van der Waals surface area contributed by atoms with Crippen molar-refractivity contribution in [2.24, 2.45) is 0 Å². The van der Waals surface area contributed by atoms with Crippen LogP contribution in [0.1, 0.15) is 31.4 Å². The van der Waals surface area contributed by atoms with E-state index in [4.69, 9.17) is 4.74 Å². The smallest absolute Gasteiger partial charge is 0.225 e. The van der Waals surface area contributed by atoms with E-state index in [0.717, 1.165) is 43.5 Å². The Balaban J connectivity index is 1.49. The quantitative estimate of drug-likeness (QED) is 0.692. The molecule has 1 atom stereocenters. The second-order valence-corrected chi connectivity index (χ2v) is 7.28. The summed E-state index contributed by atoms with van der Waals surface area (Å²) < 4.78 is 5.42. The molecule has 144 valence electrons. The lowest BCUT2D eigenvalue weighted by Crippen LogP contribution is -2.36. The maximum atomic E-state index is 9.28. The molecule has 1 saturated heterocycles. The Kier molecular flexibility index (Phi) is 5.40. The van der Waals surface area contributed by atoms with Crippen LogP contribution in [0.3, 0.4) is 0 Å². The van der Waals surface area contributed by atoms with Crippen LogP contribution in [0.5, 0.6) is 0 Å². The Morgan fingerprint density at radius 3 is 2.59 bits per heavy atom. The Morgan fingerprint density at radius 1 is 1.19 bits per heavy atom. The Labute approximate surface area is 159 Å². The molecule has 4 rings (SSSR count). The van der Waals surface area contributed by atoms with E-state index in [1.165, 1.54) is 18.5 Å². The van der Waals surface area contributed by atoms with Gasteiger partial charge in [0, 0.05) is 42.5 Å². The van der Waals surface area contributed by atoms with Crippen molar-refractivity contribution < 1.29 is 9.84 Å². The van der Waals surface area contributed by atoms with Crippen molar-refractivity contribution in [3.05, 3.63) is 36.0 Å². The number of rotatable bonds is 7. The van der Waals surface area contributed by atoms with E-state index in [-0.39, 0.29) is 12.6 Å². The number of anilines is 4. The summed E-state index contributed by atoms with van der Waals surface area (Å²) in [6, 6.07) is 10.4. The van der Waals surface area contributed by atoms with Gasteiger partial charge in [0.25, 0.3) is 0 Å². The zero-order chi connectivity index (χ0) is 18.6. The summed E-state index contributed by atoms with van der Waals surface area (Å²) in [5, 5.41) is 15.8. The number of nitrogens with one attached hydrogen (secondary N) is 2. The summed E-state index contributed by atoms with van der Waals surface area (Å²) in [5.74, 6) is 1.87. The molecule has 2 heterocycles. The maximum Gasteiger partial charge on any atom is 0.225 e. The minimum absolute atomic E-state index is 0.0444. The summed E-state index contributed by atoms with van der Waals surface area (Å²) in [6.07, 6.45) is 2.36. The van der Waals surface area contributed by atoms with E-state index in [1.807, 2.05) is 13.0 Å². The van der Waals surface area contributed by atoms with E-state index in [9.17, 15) is 5.11 Å². The fourth-order valence-corrected chi connectivity index (χ4v) is 3.17. The number of ether oxygens (including phenoxy) is 1. The SMILES string of the molecule is C[C@H](CO)Nc1nc(Nc2ccc(N3CCOCC3)cc2)cc(C2CC2)n1. The molecule has 7 nitrogen and oxygen atoms in total. The van der Waals surface area contributed by atoms with Gasteiger partial charge in [-0.1, -0.05) is 0 Å². The molecule has 0 unspecified atom stereocenters. The monoisotopic (exact) mass is 369 g/mol. The molecular formula is C20H27N5O2. The van der Waals surface area contributed by atoms with Crippen molar-refractivity contribution in [3.63, 3.8) is 0 Å². The Hall–Kier alpha value is -2.38. The fourth-order valence-electron chi connectivity index (χ4n) is 3.17. The zero-order valence-electron chi connectivity index (χ0n) is 15.7. The third kappa shape index (κ3) is 4.67. The van der Waals surface area contributed by atoms with Crippen LogP contribution in [-0.2, 0) is 4.74 Å². The van der Waals surface area contributed by atoms with E-state index < -0.39 is 0 Å². The van der Waals surface area contributed by atoms with Crippen LogP contribution < -0.4 is 15.5 Å². The first-order valence-electron chi connectivity index (χ1n) is 9.67. The van der Waals surface area contributed by atoms with Crippen molar-refractivity contribution in [1.29, 1.82) is 0 Å². The maximum absolute atomic E-state index is 9.28. The molecule has 0 spiro atoms. The molecule has 1 aromatic heterocycles. The van der Waals surface area contributed by atoms with Gasteiger partial charge in [-0.2, -0.15) is 4.98 Å². The van der Waals surface area contributed by atoms with Crippen molar-refractivity contribution in [2.45, 2.75) is 31.7 Å². The second kappa shape index (κ2) is 8.10. The Bertz CT molecular complexity index is 757. The van der Waals surface area contributed by atoms with Gasteiger partial charge in [0.15, 0.2) is 0 Å². The first-order valence-corrected chi connectivity index (χ1v) is 9.67. The Morgan fingerprint density at radius 2 is 1.93 bits per heavy atom. The number of aromatic nitrogens is 2. The van der Waals surface area contributed by atoms with Crippen LogP contribution in [0, 0.1) is 0 Å². The van der Waals surface area contributed by atoms with Crippen LogP contribution >= 0.6 is 0 Å². The van der Waals surface area contributed by atoms with Gasteiger partial charge in [0.05, 0.1) is 25.5 Å². The van der Waals surface area contributed by atoms with E-state index >= 15 is 0 Å². The predicted molar refractivity (Wildman–Crippen MR) is 107 cm³/mol. The number of hydrogen-bond donors (Lipinski definition) is 3. The summed E-state index contributed by atoms with van der Waals surface area (Å²) >= 11 is 0. The van der Waals surface area contributed by atoms with Gasteiger partial charge in [-0.05, 0) is 44.0 Å². The van der Waals surface area contributed by atoms with E-state index in [0.29, 0.717) is 11.9 Å².